The van der Waals surface area contributed by atoms with E-state index in [0.717, 1.165) is 6.07 Å². The van der Waals surface area contributed by atoms with Gasteiger partial charge in [-0.05, 0) is 17.7 Å². The molecule has 0 heterocycles. The molecule has 88 valence electrons. The number of Topliss-reactive ketones (excluding diaryl/α,β-unsaturated/α-hetero) is 1. The number of ketones is 1. The van der Waals surface area contributed by atoms with Gasteiger partial charge < -0.3 is 0 Å². The van der Waals surface area contributed by atoms with E-state index in [1.54, 1.807) is 0 Å². The third-order valence-corrected chi connectivity index (χ3v) is 2.04. The molecule has 0 N–H and O–H groups in total. The molecule has 1 rings (SSSR count). The number of hydrogen-bond donors (Lipinski definition) is 0. The van der Waals surface area contributed by atoms with Crippen LogP contribution in [0, 0.1) is 5.82 Å². The maximum atomic E-state index is 13.1. The van der Waals surface area contributed by atoms with Crippen molar-refractivity contribution in [3.63, 3.8) is 0 Å². The Hall–Kier alpha value is -1.10. The van der Waals surface area contributed by atoms with Crippen LogP contribution < -0.4 is 0 Å². The molecule has 0 aromatic heterocycles. The number of carbonyl (C=O) groups is 1. The molecule has 16 heavy (non-hydrogen) atoms. The normalized spacial score (nSPS) is 11.6. The van der Waals surface area contributed by atoms with Gasteiger partial charge in [0.05, 0.1) is 0 Å². The predicted molar refractivity (Wildman–Crippen MR) is 50.8 cm³/mol. The Bertz CT molecular complexity index is 400. The molecule has 0 fully saturated rings. The van der Waals surface area contributed by atoms with E-state index in [2.05, 4.69) is 0 Å². The lowest BCUT2D eigenvalue weighted by molar-refractivity contribution is -0.151. The Balaban J connectivity index is 2.70. The minimum absolute atomic E-state index is 0.0846. The van der Waals surface area contributed by atoms with Crippen LogP contribution in [0.15, 0.2) is 18.2 Å². The zero-order chi connectivity index (χ0) is 12.3. The standard InChI is InChI=1S/C10H7ClF4O/c11-7-2-1-6(9(12)4-7)3-8(16)5-10(13,14)15/h1-2,4H,3,5H2. The number of hydrogen-bond acceptors (Lipinski definition) is 1. The lowest BCUT2D eigenvalue weighted by Crippen LogP contribution is -2.16. The van der Waals surface area contributed by atoms with Gasteiger partial charge in [-0.3, -0.25) is 4.79 Å². The van der Waals surface area contributed by atoms with Gasteiger partial charge in [-0.1, -0.05) is 17.7 Å². The fourth-order valence-electron chi connectivity index (χ4n) is 1.16. The second-order valence-corrected chi connectivity index (χ2v) is 3.68. The van der Waals surface area contributed by atoms with E-state index in [4.69, 9.17) is 11.6 Å². The molecule has 0 bridgehead atoms. The topological polar surface area (TPSA) is 17.1 Å². The largest absolute Gasteiger partial charge is 0.395 e. The molecule has 6 heteroatoms. The van der Waals surface area contributed by atoms with Crippen LogP contribution in [0.2, 0.25) is 5.02 Å². The molecule has 0 aliphatic heterocycles. The molecule has 1 nitrogen and oxygen atoms in total. The summed E-state index contributed by atoms with van der Waals surface area (Å²) >= 11 is 5.46. The summed E-state index contributed by atoms with van der Waals surface area (Å²) in [6, 6.07) is 3.48. The minimum Gasteiger partial charge on any atom is -0.299 e. The molecule has 0 atom stereocenters. The Morgan fingerprint density at radius 3 is 2.44 bits per heavy atom. The van der Waals surface area contributed by atoms with Gasteiger partial charge in [-0.15, -0.1) is 0 Å². The lowest BCUT2D eigenvalue weighted by Gasteiger charge is -2.06. The molecule has 0 saturated heterocycles. The number of alkyl halides is 3. The number of benzene rings is 1. The van der Waals surface area contributed by atoms with E-state index in [0.29, 0.717) is 0 Å². The Labute approximate surface area is 94.0 Å². The zero-order valence-corrected chi connectivity index (χ0v) is 8.70. The van der Waals surface area contributed by atoms with Crippen molar-refractivity contribution in [2.24, 2.45) is 0 Å². The van der Waals surface area contributed by atoms with Crippen molar-refractivity contribution in [3.8, 4) is 0 Å². The number of rotatable bonds is 3. The first-order valence-electron chi connectivity index (χ1n) is 4.30. The third kappa shape index (κ3) is 4.18. The van der Waals surface area contributed by atoms with Gasteiger partial charge in [-0.25, -0.2) is 4.39 Å². The van der Waals surface area contributed by atoms with Crippen LogP contribution in [0.4, 0.5) is 17.6 Å². The molecule has 1 aromatic rings. The average molecular weight is 255 g/mol. The van der Waals surface area contributed by atoms with Crippen LogP contribution in [-0.4, -0.2) is 12.0 Å². The lowest BCUT2D eigenvalue weighted by atomic mass is 10.1. The summed E-state index contributed by atoms with van der Waals surface area (Å²) in [5, 5.41) is 0.129. The van der Waals surface area contributed by atoms with Crippen molar-refractivity contribution in [1.82, 2.24) is 0 Å². The van der Waals surface area contributed by atoms with Crippen LogP contribution in [-0.2, 0) is 11.2 Å². The molecule has 1 aromatic carbocycles. The molecule has 0 amide bonds. The van der Waals surface area contributed by atoms with Crippen molar-refractivity contribution < 1.29 is 22.4 Å². The fraction of sp³-hybridized carbons (Fsp3) is 0.300. The Morgan fingerprint density at radius 2 is 1.94 bits per heavy atom. The van der Waals surface area contributed by atoms with E-state index in [9.17, 15) is 22.4 Å². The van der Waals surface area contributed by atoms with Crippen LogP contribution in [0.1, 0.15) is 12.0 Å². The molecule has 0 radical (unpaired) electrons. The summed E-state index contributed by atoms with van der Waals surface area (Å²) in [7, 11) is 0. The van der Waals surface area contributed by atoms with E-state index >= 15 is 0 Å². The molecule has 0 aliphatic rings. The van der Waals surface area contributed by atoms with E-state index in [1.807, 2.05) is 0 Å². The SMILES string of the molecule is O=C(Cc1ccc(Cl)cc1F)CC(F)(F)F. The van der Waals surface area contributed by atoms with Crippen LogP contribution >= 0.6 is 11.6 Å². The first-order valence-corrected chi connectivity index (χ1v) is 4.68. The molecular formula is C10H7ClF4O. The van der Waals surface area contributed by atoms with Crippen molar-refractivity contribution >= 4 is 17.4 Å². The minimum atomic E-state index is -4.56. The summed E-state index contributed by atoms with van der Waals surface area (Å²) in [5.74, 6) is -1.85. The third-order valence-electron chi connectivity index (χ3n) is 1.80. The van der Waals surface area contributed by atoms with Crippen LogP contribution in [0.3, 0.4) is 0 Å². The van der Waals surface area contributed by atoms with Gasteiger partial charge >= 0.3 is 6.18 Å². The summed E-state index contributed by atoms with van der Waals surface area (Å²) in [6.45, 7) is 0. The summed E-state index contributed by atoms with van der Waals surface area (Å²) in [5.41, 5.74) is -0.0846. The highest BCUT2D eigenvalue weighted by Crippen LogP contribution is 2.22. The van der Waals surface area contributed by atoms with Gasteiger partial charge in [0.2, 0.25) is 0 Å². The van der Waals surface area contributed by atoms with Crippen LogP contribution in [0.5, 0.6) is 0 Å². The average Bonchev–Trinajstić information content (AvgIpc) is 2.06. The van der Waals surface area contributed by atoms with Gasteiger partial charge in [0.15, 0.2) is 0 Å². The highest BCUT2D eigenvalue weighted by atomic mass is 35.5. The zero-order valence-electron chi connectivity index (χ0n) is 7.94. The van der Waals surface area contributed by atoms with E-state index in [1.165, 1.54) is 12.1 Å². The number of carbonyl (C=O) groups excluding carboxylic acids is 1. The van der Waals surface area contributed by atoms with Crippen LogP contribution in [0.25, 0.3) is 0 Å². The molecule has 0 spiro atoms. The van der Waals surface area contributed by atoms with Crippen molar-refractivity contribution in [3.05, 3.63) is 34.6 Å². The van der Waals surface area contributed by atoms with E-state index in [-0.39, 0.29) is 10.6 Å². The predicted octanol–water partition coefficient (Wildman–Crippen LogP) is 3.54. The highest BCUT2D eigenvalue weighted by Gasteiger charge is 2.31. The monoisotopic (exact) mass is 254 g/mol. The first-order chi connectivity index (χ1) is 7.28. The van der Waals surface area contributed by atoms with Crippen molar-refractivity contribution in [2.75, 3.05) is 0 Å². The van der Waals surface area contributed by atoms with Crippen molar-refractivity contribution in [2.45, 2.75) is 19.0 Å². The highest BCUT2D eigenvalue weighted by molar-refractivity contribution is 6.30. The Kier molecular flexibility index (Phi) is 3.91. The first kappa shape index (κ1) is 13.0. The molecule has 0 saturated carbocycles. The van der Waals surface area contributed by atoms with Crippen molar-refractivity contribution in [1.29, 1.82) is 0 Å². The second-order valence-electron chi connectivity index (χ2n) is 3.24. The second kappa shape index (κ2) is 4.82. The smallest absolute Gasteiger partial charge is 0.299 e. The summed E-state index contributed by atoms with van der Waals surface area (Å²) in [4.78, 5) is 10.9. The number of halogens is 5. The molecule has 0 unspecified atom stereocenters. The van der Waals surface area contributed by atoms with E-state index < -0.39 is 30.6 Å². The van der Waals surface area contributed by atoms with Gasteiger partial charge in [-0.2, -0.15) is 13.2 Å². The maximum absolute atomic E-state index is 13.1. The summed E-state index contributed by atoms with van der Waals surface area (Å²) < 4.78 is 48.6. The maximum Gasteiger partial charge on any atom is 0.395 e. The Morgan fingerprint density at radius 1 is 1.31 bits per heavy atom. The molecule has 0 aliphatic carbocycles. The summed E-state index contributed by atoms with van der Waals surface area (Å²) in [6.07, 6.45) is -6.68. The van der Waals surface area contributed by atoms with Gasteiger partial charge in [0.25, 0.3) is 0 Å². The van der Waals surface area contributed by atoms with Gasteiger partial charge in [0, 0.05) is 11.4 Å². The van der Waals surface area contributed by atoms with Gasteiger partial charge in [0.1, 0.15) is 18.0 Å². The fourth-order valence-corrected chi connectivity index (χ4v) is 1.32. The quantitative estimate of drug-likeness (QED) is 0.754. The molecular weight excluding hydrogens is 248 g/mol.